The third-order valence-corrected chi connectivity index (χ3v) is 8.91. The molecule has 0 aliphatic carbocycles. The molecule has 7 aromatic rings. The molecular weight excluding hydrogens is 552 g/mol. The lowest BCUT2D eigenvalue weighted by molar-refractivity contribution is 0.0873. The smallest absolute Gasteiger partial charge is 0.266 e. The molecule has 2 heterocycles. The van der Waals surface area contributed by atoms with Crippen LogP contribution in [-0.4, -0.2) is 29.9 Å². The first-order chi connectivity index (χ1) is 21.5. The van der Waals surface area contributed by atoms with Crippen molar-refractivity contribution in [2.75, 3.05) is 9.80 Å². The molecule has 206 valence electrons. The maximum Gasteiger partial charge on any atom is 0.266 e. The number of amides is 4. The molecule has 0 atom stereocenters. The molecule has 0 radical (unpaired) electrons. The largest absolute Gasteiger partial charge is 0.298 e. The van der Waals surface area contributed by atoms with E-state index < -0.39 is 23.6 Å². The summed E-state index contributed by atoms with van der Waals surface area (Å²) in [7, 11) is 0. The lowest BCUT2D eigenvalue weighted by Gasteiger charge is -2.32. The Morgan fingerprint density at radius 1 is 0.455 bits per heavy atom. The molecule has 0 saturated heterocycles. The number of hydrogen-bond donors (Lipinski definition) is 0. The predicted octanol–water partition coefficient (Wildman–Crippen LogP) is 7.15. The molecule has 0 aromatic heterocycles. The predicted molar refractivity (Wildman–Crippen MR) is 168 cm³/mol. The Bertz CT molecular complexity index is 2430. The molecule has 7 nitrogen and oxygen atoms in total. The number of carbonyl (C=O) groups is 5. The highest BCUT2D eigenvalue weighted by Crippen LogP contribution is 2.44. The monoisotopic (exact) mass is 570 g/mol. The van der Waals surface area contributed by atoms with Crippen molar-refractivity contribution in [1.29, 1.82) is 0 Å². The number of rotatable bonds is 3. The van der Waals surface area contributed by atoms with Gasteiger partial charge in [-0.05, 0) is 81.5 Å². The molecular formula is C37H18N2O5. The molecule has 2 aliphatic heterocycles. The fourth-order valence-electron chi connectivity index (χ4n) is 6.96. The SMILES string of the molecule is O=Cc1ccc(N2C(=O)c3ccc4c5c(ccc(c35)C2=O)C(=O)N(c2cc3cccc5ccc6cccc2c6c53)C4=O)cc1. The van der Waals surface area contributed by atoms with Gasteiger partial charge in [-0.25, -0.2) is 9.80 Å². The van der Waals surface area contributed by atoms with E-state index in [0.29, 0.717) is 34.0 Å². The standard InChI is InChI=1S/C37H18N2O5/c40-18-19-7-11-23(12-8-19)38-34(41)25-13-15-27-33-28(16-14-26(32(25)33)35(38)42)37(44)39(36(27)43)29-17-22-5-1-3-20-9-10-21-4-2-6-24(29)31(21)30(20)22/h1-18H. The molecule has 0 saturated carbocycles. The second kappa shape index (κ2) is 8.42. The lowest BCUT2D eigenvalue weighted by atomic mass is 9.85. The van der Waals surface area contributed by atoms with Crippen LogP contribution in [0, 0.1) is 0 Å². The van der Waals surface area contributed by atoms with E-state index in [9.17, 15) is 24.0 Å². The summed E-state index contributed by atoms with van der Waals surface area (Å²) < 4.78 is 0. The zero-order chi connectivity index (χ0) is 29.9. The molecule has 0 bridgehead atoms. The third kappa shape index (κ3) is 2.97. The molecule has 44 heavy (non-hydrogen) atoms. The van der Waals surface area contributed by atoms with Crippen LogP contribution in [0.4, 0.5) is 11.4 Å². The van der Waals surface area contributed by atoms with Crippen molar-refractivity contribution in [2.45, 2.75) is 0 Å². The van der Waals surface area contributed by atoms with Crippen LogP contribution < -0.4 is 9.80 Å². The minimum atomic E-state index is -0.571. The van der Waals surface area contributed by atoms with Crippen molar-refractivity contribution in [3.63, 3.8) is 0 Å². The van der Waals surface area contributed by atoms with Gasteiger partial charge in [-0.3, -0.25) is 24.0 Å². The van der Waals surface area contributed by atoms with Gasteiger partial charge in [-0.2, -0.15) is 0 Å². The molecule has 0 fully saturated rings. The highest BCUT2D eigenvalue weighted by Gasteiger charge is 2.41. The molecule has 0 spiro atoms. The maximum absolute atomic E-state index is 14.3. The number of benzene rings is 7. The number of carbonyl (C=O) groups excluding carboxylic acids is 5. The van der Waals surface area contributed by atoms with Gasteiger partial charge >= 0.3 is 0 Å². The Hall–Kier alpha value is -6.21. The highest BCUT2D eigenvalue weighted by molar-refractivity contribution is 6.43. The summed E-state index contributed by atoms with van der Waals surface area (Å²) in [5.41, 5.74) is 2.14. The molecule has 2 aliphatic rings. The van der Waals surface area contributed by atoms with Crippen LogP contribution >= 0.6 is 0 Å². The van der Waals surface area contributed by atoms with Gasteiger partial charge in [0.2, 0.25) is 0 Å². The summed E-state index contributed by atoms with van der Waals surface area (Å²) in [5.74, 6) is -2.18. The van der Waals surface area contributed by atoms with E-state index in [1.807, 2.05) is 48.5 Å². The third-order valence-electron chi connectivity index (χ3n) is 8.91. The van der Waals surface area contributed by atoms with Crippen molar-refractivity contribution >= 4 is 84.4 Å². The number of nitrogens with zero attached hydrogens (tertiary/aromatic N) is 2. The Morgan fingerprint density at radius 3 is 1.52 bits per heavy atom. The van der Waals surface area contributed by atoms with E-state index in [1.54, 1.807) is 24.3 Å². The number of aldehydes is 1. The van der Waals surface area contributed by atoms with E-state index >= 15 is 0 Å². The fourth-order valence-corrected chi connectivity index (χ4v) is 6.96. The van der Waals surface area contributed by atoms with Crippen LogP contribution in [-0.2, 0) is 0 Å². The molecule has 0 unspecified atom stereocenters. The quantitative estimate of drug-likeness (QED) is 0.128. The highest BCUT2D eigenvalue weighted by atomic mass is 16.2. The molecule has 9 rings (SSSR count). The van der Waals surface area contributed by atoms with Gasteiger partial charge < -0.3 is 0 Å². The molecule has 7 aromatic carbocycles. The minimum absolute atomic E-state index is 0.218. The van der Waals surface area contributed by atoms with Crippen molar-refractivity contribution in [1.82, 2.24) is 0 Å². The average Bonchev–Trinajstić information content (AvgIpc) is 3.06. The van der Waals surface area contributed by atoms with Crippen molar-refractivity contribution in [3.8, 4) is 0 Å². The minimum Gasteiger partial charge on any atom is -0.298 e. The first-order valence-electron chi connectivity index (χ1n) is 14.1. The summed E-state index contributed by atoms with van der Waals surface area (Å²) in [6.45, 7) is 0. The lowest BCUT2D eigenvalue weighted by Crippen LogP contribution is -2.43. The first kappa shape index (κ1) is 24.4. The van der Waals surface area contributed by atoms with Crippen LogP contribution in [0.3, 0.4) is 0 Å². The van der Waals surface area contributed by atoms with Gasteiger partial charge in [0, 0.05) is 44.0 Å². The first-order valence-corrected chi connectivity index (χ1v) is 14.1. The summed E-state index contributed by atoms with van der Waals surface area (Å²) in [6.07, 6.45) is 0.682. The Labute approximate surface area is 248 Å². The maximum atomic E-state index is 14.3. The second-order valence-corrected chi connectivity index (χ2v) is 11.1. The molecule has 7 heteroatoms. The van der Waals surface area contributed by atoms with Crippen LogP contribution in [0.25, 0.3) is 43.1 Å². The van der Waals surface area contributed by atoms with E-state index in [-0.39, 0.29) is 22.3 Å². The van der Waals surface area contributed by atoms with E-state index in [2.05, 4.69) is 6.07 Å². The Kier molecular flexibility index (Phi) is 4.67. The van der Waals surface area contributed by atoms with Gasteiger partial charge in [-0.15, -0.1) is 0 Å². The summed E-state index contributed by atoms with van der Waals surface area (Å²) >= 11 is 0. The van der Waals surface area contributed by atoms with Gasteiger partial charge in [0.05, 0.1) is 11.4 Å². The van der Waals surface area contributed by atoms with Gasteiger partial charge in [0.25, 0.3) is 23.6 Å². The van der Waals surface area contributed by atoms with E-state index in [4.69, 9.17) is 0 Å². The topological polar surface area (TPSA) is 91.8 Å². The van der Waals surface area contributed by atoms with Crippen LogP contribution in [0.1, 0.15) is 51.8 Å². The van der Waals surface area contributed by atoms with Gasteiger partial charge in [0.15, 0.2) is 0 Å². The van der Waals surface area contributed by atoms with Gasteiger partial charge in [-0.1, -0.05) is 48.5 Å². The second-order valence-electron chi connectivity index (χ2n) is 11.1. The Morgan fingerprint density at radius 2 is 0.955 bits per heavy atom. The van der Waals surface area contributed by atoms with Crippen LogP contribution in [0.5, 0.6) is 0 Å². The summed E-state index contributed by atoms with van der Waals surface area (Å²) in [5, 5.41) is 6.43. The molecule has 0 N–H and O–H groups in total. The van der Waals surface area contributed by atoms with E-state index in [0.717, 1.165) is 37.2 Å². The number of imide groups is 2. The Balaban J connectivity index is 1.25. The van der Waals surface area contributed by atoms with Crippen LogP contribution in [0.15, 0.2) is 103 Å². The van der Waals surface area contributed by atoms with Gasteiger partial charge in [0.1, 0.15) is 6.29 Å². The normalized spacial score (nSPS) is 14.5. The number of anilines is 2. The van der Waals surface area contributed by atoms with E-state index in [1.165, 1.54) is 29.2 Å². The average molecular weight is 571 g/mol. The zero-order valence-electron chi connectivity index (χ0n) is 22.8. The van der Waals surface area contributed by atoms with Crippen molar-refractivity contribution in [3.05, 3.63) is 131 Å². The van der Waals surface area contributed by atoms with Crippen LogP contribution in [0.2, 0.25) is 0 Å². The fraction of sp³-hybridized carbons (Fsp3) is 0. The van der Waals surface area contributed by atoms with Crippen molar-refractivity contribution in [2.24, 2.45) is 0 Å². The molecule has 4 amide bonds. The summed E-state index contributed by atoms with van der Waals surface area (Å²) in [6, 6.07) is 30.2. The van der Waals surface area contributed by atoms with Crippen molar-refractivity contribution < 1.29 is 24.0 Å². The number of hydrogen-bond acceptors (Lipinski definition) is 5. The summed E-state index contributed by atoms with van der Waals surface area (Å²) in [4.78, 5) is 69.4. The zero-order valence-corrected chi connectivity index (χ0v) is 22.8.